The molecule has 0 spiro atoms. The monoisotopic (exact) mass is 321 g/mol. The Kier molecular flexibility index (Phi) is 4.36. The van der Waals surface area contributed by atoms with Gasteiger partial charge in [-0.2, -0.15) is 0 Å². The van der Waals surface area contributed by atoms with Gasteiger partial charge >= 0.3 is 0 Å². The molecule has 2 aromatic rings. The molecule has 0 aliphatic heterocycles. The molecule has 0 atom stereocenters. The van der Waals surface area contributed by atoms with Crippen LogP contribution in [-0.2, 0) is 6.61 Å². The Bertz CT molecular complexity index is 601. The van der Waals surface area contributed by atoms with Crippen molar-refractivity contribution >= 4 is 46.4 Å². The highest BCUT2D eigenvalue weighted by Gasteiger charge is 2.12. The molecule has 18 heavy (non-hydrogen) atoms. The first kappa shape index (κ1) is 13.9. The first-order chi connectivity index (χ1) is 8.54. The summed E-state index contributed by atoms with van der Waals surface area (Å²) in [5.41, 5.74) is 1.79. The number of hydrogen-bond donors (Lipinski definition) is 1. The van der Waals surface area contributed by atoms with Crippen molar-refractivity contribution in [1.82, 2.24) is 4.98 Å². The van der Waals surface area contributed by atoms with Crippen LogP contribution in [0.4, 0.5) is 0 Å². The van der Waals surface area contributed by atoms with Crippen LogP contribution >= 0.6 is 46.4 Å². The Morgan fingerprint density at radius 1 is 1.00 bits per heavy atom. The van der Waals surface area contributed by atoms with Crippen molar-refractivity contribution in [2.24, 2.45) is 0 Å². The molecule has 0 bridgehead atoms. The van der Waals surface area contributed by atoms with E-state index in [1.165, 1.54) is 6.20 Å². The minimum atomic E-state index is -0.173. The van der Waals surface area contributed by atoms with Crippen LogP contribution in [0.2, 0.25) is 20.1 Å². The number of hydrogen-bond acceptors (Lipinski definition) is 2. The molecule has 1 N–H and O–H groups in total. The van der Waals surface area contributed by atoms with Crippen molar-refractivity contribution in [3.8, 4) is 11.3 Å². The van der Waals surface area contributed by atoms with Gasteiger partial charge in [0.15, 0.2) is 0 Å². The van der Waals surface area contributed by atoms with Crippen LogP contribution in [0.25, 0.3) is 11.3 Å². The van der Waals surface area contributed by atoms with E-state index in [-0.39, 0.29) is 11.6 Å². The van der Waals surface area contributed by atoms with E-state index in [0.29, 0.717) is 31.9 Å². The smallest absolute Gasteiger partial charge is 0.0785 e. The summed E-state index contributed by atoms with van der Waals surface area (Å²) in [7, 11) is 0. The molecule has 6 heteroatoms. The molecule has 0 aliphatic rings. The van der Waals surface area contributed by atoms with E-state index >= 15 is 0 Å². The summed E-state index contributed by atoms with van der Waals surface area (Å²) in [5, 5.41) is 10.5. The van der Waals surface area contributed by atoms with Crippen LogP contribution in [0, 0.1) is 0 Å². The Balaban J connectivity index is 2.59. The molecule has 1 aromatic heterocycles. The zero-order valence-electron chi connectivity index (χ0n) is 8.92. The number of halogens is 4. The number of rotatable bonds is 2. The lowest BCUT2D eigenvalue weighted by atomic mass is 10.1. The summed E-state index contributed by atoms with van der Waals surface area (Å²) in [6, 6.07) is 5.02. The molecule has 94 valence electrons. The lowest BCUT2D eigenvalue weighted by molar-refractivity contribution is 0.282. The highest BCUT2D eigenvalue weighted by molar-refractivity contribution is 6.49. The van der Waals surface area contributed by atoms with Gasteiger partial charge in [0.1, 0.15) is 0 Å². The van der Waals surface area contributed by atoms with Crippen molar-refractivity contribution < 1.29 is 5.11 Å². The van der Waals surface area contributed by atoms with Crippen LogP contribution in [0.15, 0.2) is 24.4 Å². The summed E-state index contributed by atoms with van der Waals surface area (Å²) in [6.07, 6.45) is 1.46. The van der Waals surface area contributed by atoms with Crippen molar-refractivity contribution in [2.45, 2.75) is 6.61 Å². The number of aliphatic hydroxyl groups excluding tert-OH is 1. The standard InChI is InChI=1S/C12H7Cl4NO/c13-8-2-1-7(11(15)12(8)16)10-3-6(5-18)9(14)4-17-10/h1-4,18H,5H2. The van der Waals surface area contributed by atoms with Gasteiger partial charge in [-0.1, -0.05) is 46.4 Å². The maximum atomic E-state index is 9.17. The van der Waals surface area contributed by atoms with Crippen LogP contribution in [0.3, 0.4) is 0 Å². The number of benzene rings is 1. The first-order valence-corrected chi connectivity index (χ1v) is 6.45. The average Bonchev–Trinajstić information content (AvgIpc) is 2.37. The summed E-state index contributed by atoms with van der Waals surface area (Å²) >= 11 is 23.8. The molecule has 0 aliphatic carbocycles. The molecular weight excluding hydrogens is 316 g/mol. The van der Waals surface area contributed by atoms with Crippen LogP contribution in [-0.4, -0.2) is 10.1 Å². The normalized spacial score (nSPS) is 10.7. The molecule has 1 aromatic carbocycles. The van der Waals surface area contributed by atoms with Gasteiger partial charge in [0.2, 0.25) is 0 Å². The fraction of sp³-hybridized carbons (Fsp3) is 0.0833. The Morgan fingerprint density at radius 2 is 1.72 bits per heavy atom. The fourth-order valence-corrected chi connectivity index (χ4v) is 2.27. The van der Waals surface area contributed by atoms with E-state index in [4.69, 9.17) is 51.5 Å². The van der Waals surface area contributed by atoms with E-state index in [1.54, 1.807) is 18.2 Å². The molecule has 2 rings (SSSR count). The molecule has 1 heterocycles. The van der Waals surface area contributed by atoms with Gasteiger partial charge in [0.05, 0.1) is 32.4 Å². The van der Waals surface area contributed by atoms with E-state index in [0.717, 1.165) is 0 Å². The number of aromatic nitrogens is 1. The lowest BCUT2D eigenvalue weighted by Crippen LogP contribution is -1.91. The third-order valence-electron chi connectivity index (χ3n) is 2.42. The van der Waals surface area contributed by atoms with Crippen LogP contribution in [0.1, 0.15) is 5.56 Å². The Hall–Kier alpha value is -0.510. The van der Waals surface area contributed by atoms with Gasteiger partial charge in [-0.15, -0.1) is 0 Å². The van der Waals surface area contributed by atoms with Crippen molar-refractivity contribution in [2.75, 3.05) is 0 Å². The first-order valence-electron chi connectivity index (χ1n) is 4.93. The zero-order valence-corrected chi connectivity index (χ0v) is 11.9. The second-order valence-corrected chi connectivity index (χ2v) is 5.11. The average molecular weight is 323 g/mol. The molecule has 0 saturated heterocycles. The van der Waals surface area contributed by atoms with E-state index in [9.17, 15) is 0 Å². The predicted molar refractivity (Wildman–Crippen MR) is 75.6 cm³/mol. The lowest BCUT2D eigenvalue weighted by Gasteiger charge is -2.08. The Labute approximate surface area is 124 Å². The van der Waals surface area contributed by atoms with Crippen molar-refractivity contribution in [3.05, 3.63) is 50.0 Å². The van der Waals surface area contributed by atoms with Gasteiger partial charge in [0.25, 0.3) is 0 Å². The van der Waals surface area contributed by atoms with Gasteiger partial charge in [-0.05, 0) is 23.8 Å². The second kappa shape index (κ2) is 5.64. The molecular formula is C12H7Cl4NO. The van der Waals surface area contributed by atoms with E-state index < -0.39 is 0 Å². The third kappa shape index (κ3) is 2.58. The molecule has 0 fully saturated rings. The number of nitrogens with zero attached hydrogens (tertiary/aromatic N) is 1. The highest BCUT2D eigenvalue weighted by Crippen LogP contribution is 2.37. The SMILES string of the molecule is OCc1cc(-c2ccc(Cl)c(Cl)c2Cl)ncc1Cl. The van der Waals surface area contributed by atoms with Gasteiger partial charge in [-0.3, -0.25) is 4.98 Å². The molecule has 0 radical (unpaired) electrons. The quantitative estimate of drug-likeness (QED) is 0.801. The Morgan fingerprint density at radius 3 is 2.39 bits per heavy atom. The minimum Gasteiger partial charge on any atom is -0.392 e. The van der Waals surface area contributed by atoms with Gasteiger partial charge in [-0.25, -0.2) is 0 Å². The van der Waals surface area contributed by atoms with E-state index in [1.807, 2.05) is 0 Å². The molecule has 2 nitrogen and oxygen atoms in total. The number of aliphatic hydroxyl groups is 1. The topological polar surface area (TPSA) is 33.1 Å². The summed E-state index contributed by atoms with van der Waals surface area (Å²) in [5.74, 6) is 0. The van der Waals surface area contributed by atoms with E-state index in [2.05, 4.69) is 4.98 Å². The molecule has 0 saturated carbocycles. The van der Waals surface area contributed by atoms with Crippen molar-refractivity contribution in [1.29, 1.82) is 0 Å². The summed E-state index contributed by atoms with van der Waals surface area (Å²) in [4.78, 5) is 4.16. The largest absolute Gasteiger partial charge is 0.392 e. The fourth-order valence-electron chi connectivity index (χ4n) is 1.47. The van der Waals surface area contributed by atoms with Crippen molar-refractivity contribution in [3.63, 3.8) is 0 Å². The third-order valence-corrected chi connectivity index (χ3v) is 4.05. The van der Waals surface area contributed by atoms with Crippen LogP contribution < -0.4 is 0 Å². The number of pyridine rings is 1. The van der Waals surface area contributed by atoms with Crippen LogP contribution in [0.5, 0.6) is 0 Å². The summed E-state index contributed by atoms with van der Waals surface area (Å²) in [6.45, 7) is -0.173. The second-order valence-electron chi connectivity index (χ2n) is 3.54. The maximum absolute atomic E-state index is 9.17. The zero-order chi connectivity index (χ0) is 13.3. The van der Waals surface area contributed by atoms with Gasteiger partial charge in [0, 0.05) is 11.8 Å². The highest BCUT2D eigenvalue weighted by atomic mass is 35.5. The predicted octanol–water partition coefficient (Wildman–Crippen LogP) is 4.85. The minimum absolute atomic E-state index is 0.173. The molecule has 0 amide bonds. The van der Waals surface area contributed by atoms with Gasteiger partial charge < -0.3 is 5.11 Å². The maximum Gasteiger partial charge on any atom is 0.0785 e. The summed E-state index contributed by atoms with van der Waals surface area (Å²) < 4.78 is 0. The molecule has 0 unspecified atom stereocenters.